The molecule has 0 spiro atoms. The van der Waals surface area contributed by atoms with Crippen molar-refractivity contribution < 1.29 is 4.42 Å². The molecule has 0 radical (unpaired) electrons. The molecule has 0 saturated heterocycles. The summed E-state index contributed by atoms with van der Waals surface area (Å²) in [6, 6.07) is 0. The Morgan fingerprint density at radius 3 is 2.46 bits per heavy atom. The zero-order valence-electron chi connectivity index (χ0n) is 7.70. The van der Waals surface area contributed by atoms with E-state index >= 15 is 0 Å². The minimum atomic E-state index is 0.269. The average Bonchev–Trinajstić information content (AvgIpc) is 2.74. The van der Waals surface area contributed by atoms with Crippen molar-refractivity contribution in [2.45, 2.75) is 43.9 Å². The van der Waals surface area contributed by atoms with Crippen molar-refractivity contribution in [2.75, 3.05) is 0 Å². The first-order chi connectivity index (χ1) is 6.39. The van der Waals surface area contributed by atoms with Gasteiger partial charge < -0.3 is 4.42 Å². The van der Waals surface area contributed by atoms with E-state index in [1.807, 2.05) is 0 Å². The van der Waals surface area contributed by atoms with Crippen molar-refractivity contribution in [3.05, 3.63) is 12.3 Å². The van der Waals surface area contributed by atoms with Gasteiger partial charge in [0.05, 0.1) is 0 Å². The minimum Gasteiger partial charge on any atom is -0.427 e. The molecule has 3 nitrogen and oxygen atoms in total. The normalized spacial score (nSPS) is 38.0. The fourth-order valence-electron chi connectivity index (χ4n) is 2.97. The van der Waals surface area contributed by atoms with Crippen LogP contribution in [0, 0.1) is 5.92 Å². The summed E-state index contributed by atoms with van der Waals surface area (Å²) in [6.45, 7) is 0. The number of aromatic nitrogens is 2. The predicted octanol–water partition coefficient (Wildman–Crippen LogP) is 2.29. The van der Waals surface area contributed by atoms with Gasteiger partial charge in [-0.1, -0.05) is 0 Å². The van der Waals surface area contributed by atoms with Crippen LogP contribution in [0.3, 0.4) is 0 Å². The fraction of sp³-hybridized carbons (Fsp3) is 0.800. The lowest BCUT2D eigenvalue weighted by atomic mass is 9.61. The van der Waals surface area contributed by atoms with Gasteiger partial charge >= 0.3 is 0 Å². The highest BCUT2D eigenvalue weighted by atomic mass is 16.4. The van der Waals surface area contributed by atoms with Crippen LogP contribution in [-0.2, 0) is 5.41 Å². The van der Waals surface area contributed by atoms with Gasteiger partial charge in [0.25, 0.3) is 0 Å². The van der Waals surface area contributed by atoms with E-state index in [0.717, 1.165) is 11.8 Å². The van der Waals surface area contributed by atoms with Crippen LogP contribution in [0.15, 0.2) is 10.8 Å². The first-order valence-electron chi connectivity index (χ1n) is 5.16. The Hall–Kier alpha value is -0.860. The number of fused-ring (bicyclic) bond motifs is 3. The van der Waals surface area contributed by atoms with Crippen LogP contribution in [0.4, 0.5) is 0 Å². The highest BCUT2D eigenvalue weighted by Gasteiger charge is 2.44. The molecule has 3 saturated carbocycles. The van der Waals surface area contributed by atoms with Crippen LogP contribution >= 0.6 is 0 Å². The van der Waals surface area contributed by atoms with E-state index in [1.54, 1.807) is 0 Å². The van der Waals surface area contributed by atoms with Crippen LogP contribution < -0.4 is 0 Å². The summed E-state index contributed by atoms with van der Waals surface area (Å²) in [7, 11) is 0. The predicted molar refractivity (Wildman–Crippen MR) is 47.2 cm³/mol. The van der Waals surface area contributed by atoms with Crippen molar-refractivity contribution in [3.63, 3.8) is 0 Å². The molecular weight excluding hydrogens is 164 g/mol. The summed E-state index contributed by atoms with van der Waals surface area (Å²) in [5.74, 6) is 1.88. The van der Waals surface area contributed by atoms with Gasteiger partial charge in [0, 0.05) is 5.41 Å². The van der Waals surface area contributed by atoms with E-state index < -0.39 is 0 Å². The molecule has 2 bridgehead atoms. The van der Waals surface area contributed by atoms with Crippen molar-refractivity contribution >= 4 is 0 Å². The van der Waals surface area contributed by atoms with Crippen molar-refractivity contribution in [1.29, 1.82) is 0 Å². The lowest BCUT2D eigenvalue weighted by Gasteiger charge is -2.43. The zero-order valence-corrected chi connectivity index (χ0v) is 7.70. The smallest absolute Gasteiger partial charge is 0.222 e. The highest BCUT2D eigenvalue weighted by Crippen LogP contribution is 2.50. The van der Waals surface area contributed by atoms with Crippen LogP contribution in [-0.4, -0.2) is 10.2 Å². The van der Waals surface area contributed by atoms with E-state index in [0.29, 0.717) is 0 Å². The number of nitrogens with zero attached hydrogens (tertiary/aromatic N) is 2. The quantitative estimate of drug-likeness (QED) is 0.662. The highest BCUT2D eigenvalue weighted by molar-refractivity contribution is 5.08. The Bertz CT molecular complexity index is 272. The van der Waals surface area contributed by atoms with Gasteiger partial charge in [0.1, 0.15) is 0 Å². The van der Waals surface area contributed by atoms with Gasteiger partial charge in [0.2, 0.25) is 12.3 Å². The summed E-state index contributed by atoms with van der Waals surface area (Å²) in [4.78, 5) is 0. The first kappa shape index (κ1) is 7.54. The summed E-state index contributed by atoms with van der Waals surface area (Å²) < 4.78 is 5.37. The molecule has 3 aliphatic carbocycles. The van der Waals surface area contributed by atoms with Gasteiger partial charge in [-0.2, -0.15) is 0 Å². The monoisotopic (exact) mass is 178 g/mol. The van der Waals surface area contributed by atoms with E-state index in [1.165, 1.54) is 44.9 Å². The minimum absolute atomic E-state index is 0.269. The van der Waals surface area contributed by atoms with Gasteiger partial charge in [-0.05, 0) is 44.4 Å². The third kappa shape index (κ3) is 1.02. The van der Waals surface area contributed by atoms with Crippen molar-refractivity contribution in [2.24, 2.45) is 5.92 Å². The maximum absolute atomic E-state index is 5.37. The summed E-state index contributed by atoms with van der Waals surface area (Å²) in [6.07, 6.45) is 9.34. The molecule has 3 aliphatic rings. The van der Waals surface area contributed by atoms with E-state index in [2.05, 4.69) is 10.2 Å². The van der Waals surface area contributed by atoms with E-state index in [4.69, 9.17) is 4.42 Å². The molecule has 0 aromatic carbocycles. The van der Waals surface area contributed by atoms with Crippen molar-refractivity contribution in [1.82, 2.24) is 10.2 Å². The van der Waals surface area contributed by atoms with E-state index in [-0.39, 0.29) is 5.41 Å². The first-order valence-corrected chi connectivity index (χ1v) is 5.16. The molecule has 0 atom stereocenters. The summed E-state index contributed by atoms with van der Waals surface area (Å²) in [5, 5.41) is 7.88. The zero-order chi connectivity index (χ0) is 8.73. The summed E-state index contributed by atoms with van der Waals surface area (Å²) in [5.41, 5.74) is 0.269. The number of hydrogen-bond acceptors (Lipinski definition) is 3. The average molecular weight is 178 g/mol. The molecule has 1 aromatic heterocycles. The molecule has 3 fully saturated rings. The molecule has 1 heterocycles. The molecule has 0 unspecified atom stereocenters. The molecule has 0 aliphatic heterocycles. The third-order valence-corrected chi connectivity index (χ3v) is 3.91. The molecular formula is C10H14N2O. The maximum atomic E-state index is 5.37. The second-order valence-electron chi connectivity index (χ2n) is 4.51. The second-order valence-corrected chi connectivity index (χ2v) is 4.51. The maximum Gasteiger partial charge on any atom is 0.222 e. The van der Waals surface area contributed by atoms with Crippen LogP contribution in [0.2, 0.25) is 0 Å². The van der Waals surface area contributed by atoms with Crippen LogP contribution in [0.25, 0.3) is 0 Å². The lowest BCUT2D eigenvalue weighted by Crippen LogP contribution is -2.37. The number of rotatable bonds is 1. The standard InChI is InChI=1S/C10H14N2O/c1-4-10(9-12-11-7-13-9)5-2-8(1)3-6-10/h7-8H,1-6H2. The largest absolute Gasteiger partial charge is 0.427 e. The Morgan fingerprint density at radius 1 is 1.23 bits per heavy atom. The molecule has 70 valence electrons. The number of hydrogen-bond donors (Lipinski definition) is 0. The van der Waals surface area contributed by atoms with Crippen LogP contribution in [0.1, 0.15) is 44.4 Å². The van der Waals surface area contributed by atoms with Crippen LogP contribution in [0.5, 0.6) is 0 Å². The SMILES string of the molecule is c1nnc(C23CCC(CC2)CC3)o1. The molecule has 3 heteroatoms. The Morgan fingerprint density at radius 2 is 1.92 bits per heavy atom. The molecule has 1 aromatic rings. The third-order valence-electron chi connectivity index (χ3n) is 3.91. The Labute approximate surface area is 77.5 Å². The fourth-order valence-corrected chi connectivity index (χ4v) is 2.97. The molecule has 13 heavy (non-hydrogen) atoms. The van der Waals surface area contributed by atoms with Gasteiger partial charge in [-0.3, -0.25) is 0 Å². The second kappa shape index (κ2) is 2.56. The Balaban J connectivity index is 1.95. The lowest BCUT2D eigenvalue weighted by molar-refractivity contribution is 0.110. The molecule has 0 N–H and O–H groups in total. The van der Waals surface area contributed by atoms with Gasteiger partial charge in [0.15, 0.2) is 0 Å². The Kier molecular flexibility index (Phi) is 1.49. The van der Waals surface area contributed by atoms with Gasteiger partial charge in [-0.25, -0.2) is 0 Å². The van der Waals surface area contributed by atoms with Crippen molar-refractivity contribution in [3.8, 4) is 0 Å². The van der Waals surface area contributed by atoms with E-state index in [9.17, 15) is 0 Å². The molecule has 4 rings (SSSR count). The molecule has 0 amide bonds. The topological polar surface area (TPSA) is 38.9 Å². The van der Waals surface area contributed by atoms with Gasteiger partial charge in [-0.15, -0.1) is 10.2 Å². The summed E-state index contributed by atoms with van der Waals surface area (Å²) >= 11 is 0.